The van der Waals surface area contributed by atoms with E-state index in [0.717, 1.165) is 32.6 Å². The van der Waals surface area contributed by atoms with E-state index in [9.17, 15) is 38.3 Å². The lowest BCUT2D eigenvalue weighted by Crippen LogP contribution is -2.54. The van der Waals surface area contributed by atoms with Gasteiger partial charge in [-0.25, -0.2) is 9.18 Å². The van der Waals surface area contributed by atoms with E-state index in [2.05, 4.69) is 15.3 Å². The average molecular weight is 946 g/mol. The SMILES string of the molecule is Cc1nn(C)c(C)c1-c1c(Cl)ccc2c(CCCOc3cccc4cc(F)ccc34)c(C(=O)O)n(CCN3CCN(C(=O)[C@@H](C)Oc4cccc5c4C(=O)N(C4CCC(=O)NC4=O)C5=O)CC3)c12. The van der Waals surface area contributed by atoms with Gasteiger partial charge in [-0.2, -0.15) is 5.10 Å². The first-order valence-corrected chi connectivity index (χ1v) is 22.9. The van der Waals surface area contributed by atoms with Crippen LogP contribution in [0.3, 0.4) is 0 Å². The van der Waals surface area contributed by atoms with E-state index in [0.29, 0.717) is 84.9 Å². The number of fused-ring (bicyclic) bond motifs is 3. The molecule has 2 saturated heterocycles. The van der Waals surface area contributed by atoms with Crippen molar-refractivity contribution in [2.75, 3.05) is 39.3 Å². The molecule has 5 amide bonds. The smallest absolute Gasteiger partial charge is 0.352 e. The number of imide groups is 2. The highest BCUT2D eigenvalue weighted by atomic mass is 35.5. The Kier molecular flexibility index (Phi) is 12.5. The number of amides is 5. The summed E-state index contributed by atoms with van der Waals surface area (Å²) in [7, 11) is 1.85. The number of hydrogen-bond donors (Lipinski definition) is 2. The molecule has 1 unspecified atom stereocenters. The van der Waals surface area contributed by atoms with Crippen molar-refractivity contribution in [2.45, 2.75) is 65.1 Å². The molecule has 18 heteroatoms. The summed E-state index contributed by atoms with van der Waals surface area (Å²) in [6, 6.07) is 17.0. The summed E-state index contributed by atoms with van der Waals surface area (Å²) >= 11 is 7.06. The van der Waals surface area contributed by atoms with Crippen LogP contribution in [-0.4, -0.2) is 121 Å². The van der Waals surface area contributed by atoms with Crippen molar-refractivity contribution in [3.63, 3.8) is 0 Å². The maximum absolute atomic E-state index is 14.0. The Balaban J connectivity index is 0.912. The van der Waals surface area contributed by atoms with Gasteiger partial charge >= 0.3 is 5.97 Å². The van der Waals surface area contributed by atoms with Gasteiger partial charge in [0.2, 0.25) is 11.8 Å². The number of aromatic nitrogens is 3. The Labute approximate surface area is 395 Å². The van der Waals surface area contributed by atoms with E-state index in [1.807, 2.05) is 43.7 Å². The topological polar surface area (TPSA) is 186 Å². The van der Waals surface area contributed by atoms with Crippen LogP contribution in [0.1, 0.15) is 74.3 Å². The fourth-order valence-electron chi connectivity index (χ4n) is 9.88. The molecular weight excluding hydrogens is 897 g/mol. The summed E-state index contributed by atoms with van der Waals surface area (Å²) in [5.74, 6) is -3.72. The van der Waals surface area contributed by atoms with Crippen LogP contribution >= 0.6 is 11.6 Å². The van der Waals surface area contributed by atoms with Crippen molar-refractivity contribution >= 4 is 68.8 Å². The molecule has 16 nitrogen and oxygen atoms in total. The number of aromatic carboxylic acids is 1. The highest BCUT2D eigenvalue weighted by Crippen LogP contribution is 2.42. The fourth-order valence-corrected chi connectivity index (χ4v) is 10.1. The van der Waals surface area contributed by atoms with Crippen molar-refractivity contribution in [1.29, 1.82) is 0 Å². The monoisotopic (exact) mass is 945 g/mol. The molecule has 2 N–H and O–H groups in total. The number of piperazine rings is 1. The zero-order chi connectivity index (χ0) is 48.1. The Morgan fingerprint density at radius 1 is 0.912 bits per heavy atom. The standard InChI is InChI=1S/C50H49ClFN7O9/c1-27-41(28(2)55(4)54-27)43-36(51)16-15-34-33(10-7-25-67-38-11-5-8-30-26-31(52)13-14-32(30)38)45(50(65)66)58(44(34)43)24-21-56-19-22-57(23-20-56)47(62)29(3)68-39-12-6-9-35-42(39)49(64)59(48(35)63)37-17-18-40(60)53-46(37)61/h5-6,8-9,11-16,26,29,37H,7,10,17-25H2,1-4H3,(H,65,66)(H,53,60,61)/t29-,37?/m1/s1. The van der Waals surface area contributed by atoms with E-state index in [4.69, 9.17) is 21.1 Å². The van der Waals surface area contributed by atoms with Crippen molar-refractivity contribution in [2.24, 2.45) is 7.05 Å². The van der Waals surface area contributed by atoms with Crippen LogP contribution in [0.5, 0.6) is 11.5 Å². The Morgan fingerprint density at radius 3 is 2.37 bits per heavy atom. The first-order chi connectivity index (χ1) is 32.6. The van der Waals surface area contributed by atoms with Crippen molar-refractivity contribution in [3.05, 3.63) is 111 Å². The van der Waals surface area contributed by atoms with Gasteiger partial charge in [-0.05, 0) is 93.4 Å². The molecule has 0 aliphatic carbocycles. The van der Waals surface area contributed by atoms with Crippen LogP contribution in [0.4, 0.5) is 4.39 Å². The molecule has 6 aromatic rings. The van der Waals surface area contributed by atoms with Crippen LogP contribution in [0.25, 0.3) is 32.8 Å². The molecule has 68 heavy (non-hydrogen) atoms. The van der Waals surface area contributed by atoms with Gasteiger partial charge in [-0.3, -0.25) is 43.8 Å². The number of nitrogens with one attached hydrogen (secondary N) is 1. The minimum absolute atomic E-state index is 0.00675. The number of carbonyl (C=O) groups is 6. The minimum Gasteiger partial charge on any atom is -0.493 e. The summed E-state index contributed by atoms with van der Waals surface area (Å²) in [6.45, 7) is 8.11. The lowest BCUT2D eigenvalue weighted by Gasteiger charge is -2.36. The molecule has 5 heterocycles. The first-order valence-electron chi connectivity index (χ1n) is 22.5. The number of piperidine rings is 1. The maximum Gasteiger partial charge on any atom is 0.352 e. The largest absolute Gasteiger partial charge is 0.493 e. The third-order valence-electron chi connectivity index (χ3n) is 13.3. The minimum atomic E-state index is -1.14. The molecule has 4 aromatic carbocycles. The molecule has 352 valence electrons. The molecule has 3 aliphatic rings. The zero-order valence-electron chi connectivity index (χ0n) is 37.9. The number of carbonyl (C=O) groups excluding carboxylic acids is 5. The van der Waals surface area contributed by atoms with Crippen LogP contribution in [0.2, 0.25) is 5.02 Å². The molecule has 0 bridgehead atoms. The Bertz CT molecular complexity index is 3080. The van der Waals surface area contributed by atoms with Gasteiger partial charge in [-0.1, -0.05) is 35.9 Å². The van der Waals surface area contributed by atoms with Crippen molar-refractivity contribution in [3.8, 4) is 22.6 Å². The maximum atomic E-state index is 14.0. The van der Waals surface area contributed by atoms with Crippen LogP contribution in [0.15, 0.2) is 66.7 Å². The summed E-state index contributed by atoms with van der Waals surface area (Å²) < 4.78 is 29.9. The van der Waals surface area contributed by atoms with Gasteiger partial charge in [0.05, 0.1) is 34.0 Å². The number of ether oxygens (including phenoxy) is 2. The number of nitrogens with zero attached hydrogens (tertiary/aromatic N) is 6. The van der Waals surface area contributed by atoms with Crippen molar-refractivity contribution < 1.29 is 47.7 Å². The van der Waals surface area contributed by atoms with Gasteiger partial charge in [0, 0.05) is 80.3 Å². The van der Waals surface area contributed by atoms with Gasteiger partial charge in [0.15, 0.2) is 6.10 Å². The molecule has 3 aliphatic heterocycles. The lowest BCUT2D eigenvalue weighted by atomic mass is 9.98. The third-order valence-corrected chi connectivity index (χ3v) is 13.6. The van der Waals surface area contributed by atoms with Gasteiger partial charge in [0.25, 0.3) is 17.7 Å². The molecule has 2 atom stereocenters. The molecule has 9 rings (SSSR count). The number of benzene rings is 4. The van der Waals surface area contributed by atoms with E-state index >= 15 is 0 Å². The predicted molar refractivity (Wildman–Crippen MR) is 250 cm³/mol. The third kappa shape index (κ3) is 8.33. The van der Waals surface area contributed by atoms with Crippen molar-refractivity contribution in [1.82, 2.24) is 34.4 Å². The number of carboxylic acid groups (broad SMARTS) is 1. The average Bonchev–Trinajstić information content (AvgIpc) is 3.87. The van der Waals surface area contributed by atoms with Crippen LogP contribution in [-0.2, 0) is 34.4 Å². The Hall–Kier alpha value is -7.11. The lowest BCUT2D eigenvalue weighted by molar-refractivity contribution is -0.140. The summed E-state index contributed by atoms with van der Waals surface area (Å²) in [5, 5.41) is 20.5. The highest BCUT2D eigenvalue weighted by molar-refractivity contribution is 6.35. The number of hydrogen-bond acceptors (Lipinski definition) is 10. The molecular formula is C50H49ClFN7O9. The normalized spacial score (nSPS) is 17.0. The van der Waals surface area contributed by atoms with E-state index in [1.165, 1.54) is 24.3 Å². The second kappa shape index (κ2) is 18.5. The summed E-state index contributed by atoms with van der Waals surface area (Å²) in [6.07, 6.45) is -0.176. The molecule has 2 fully saturated rings. The quantitative estimate of drug-likeness (QED) is 0.0919. The second-order valence-electron chi connectivity index (χ2n) is 17.4. The summed E-state index contributed by atoms with van der Waals surface area (Å²) in [5.41, 5.74) is 4.64. The molecule has 2 aromatic heterocycles. The second-order valence-corrected chi connectivity index (χ2v) is 17.8. The van der Waals surface area contributed by atoms with E-state index < -0.39 is 41.7 Å². The number of rotatable bonds is 14. The summed E-state index contributed by atoms with van der Waals surface area (Å²) in [4.78, 5) is 83.3. The Morgan fingerprint density at radius 2 is 1.65 bits per heavy atom. The van der Waals surface area contributed by atoms with Gasteiger partial charge in [0.1, 0.15) is 29.1 Å². The molecule has 0 radical (unpaired) electrons. The number of halogens is 2. The van der Waals surface area contributed by atoms with Gasteiger partial charge in [-0.15, -0.1) is 0 Å². The number of aryl methyl sites for hydroxylation is 3. The van der Waals surface area contributed by atoms with Crippen LogP contribution < -0.4 is 14.8 Å². The first kappa shape index (κ1) is 46.0. The highest BCUT2D eigenvalue weighted by Gasteiger charge is 2.46. The van der Waals surface area contributed by atoms with Gasteiger partial charge < -0.3 is 24.0 Å². The van der Waals surface area contributed by atoms with E-state index in [-0.39, 0.29) is 53.7 Å². The van der Waals surface area contributed by atoms with Crippen LogP contribution in [0, 0.1) is 19.7 Å². The zero-order valence-corrected chi connectivity index (χ0v) is 38.7. The predicted octanol–water partition coefficient (Wildman–Crippen LogP) is 6.33. The molecule has 0 saturated carbocycles. The fraction of sp³-hybridized carbons (Fsp3) is 0.340. The molecule has 0 spiro atoms. The van der Waals surface area contributed by atoms with E-state index in [1.54, 1.807) is 40.8 Å². The number of carboxylic acids is 1.